The van der Waals surface area contributed by atoms with E-state index in [4.69, 9.17) is 15.0 Å². The molecule has 33 heavy (non-hydrogen) atoms. The van der Waals surface area contributed by atoms with Crippen LogP contribution in [0.1, 0.15) is 57.9 Å². The minimum Gasteiger partial charge on any atom is -0.299 e. The monoisotopic (exact) mass is 439 g/mol. The quantitative estimate of drug-likeness (QED) is 0.292. The van der Waals surface area contributed by atoms with Gasteiger partial charge in [0.25, 0.3) is 5.56 Å². The molecule has 0 unspecified atom stereocenters. The highest BCUT2D eigenvalue weighted by Gasteiger charge is 2.20. The van der Waals surface area contributed by atoms with Crippen LogP contribution in [0.4, 0.5) is 0 Å². The largest absolute Gasteiger partial charge is 0.299 e. The molecule has 0 bridgehead atoms. The molecule has 0 N–H and O–H groups in total. The number of hydrogen-bond donors (Lipinski definition) is 0. The molecule has 0 atom stereocenters. The zero-order valence-corrected chi connectivity index (χ0v) is 19.5. The Balaban J connectivity index is 1.76. The molecule has 0 fully saturated rings. The second kappa shape index (κ2) is 8.77. The molecule has 0 saturated carbocycles. The smallest absolute Gasteiger partial charge is 0.265 e. The van der Waals surface area contributed by atoms with Gasteiger partial charge in [0.1, 0.15) is 10.9 Å². The Morgan fingerprint density at radius 1 is 0.879 bits per heavy atom. The molecule has 6 nitrogen and oxygen atoms in total. The summed E-state index contributed by atoms with van der Waals surface area (Å²) in [6, 6.07) is 16.2. The summed E-state index contributed by atoms with van der Waals surface area (Å²) >= 11 is 0. The molecule has 0 radical (unpaired) electrons. The van der Waals surface area contributed by atoms with E-state index < -0.39 is 0 Å². The average molecular weight is 440 g/mol. The number of nitrogens with zero attached hydrogens (tertiary/aromatic N) is 5. The van der Waals surface area contributed by atoms with E-state index in [1.807, 2.05) is 28.8 Å². The summed E-state index contributed by atoms with van der Waals surface area (Å²) in [4.78, 5) is 28.1. The minimum absolute atomic E-state index is 0.0522. The normalized spacial score (nSPS) is 11.9. The molecule has 0 amide bonds. The van der Waals surface area contributed by atoms with Crippen molar-refractivity contribution in [2.45, 2.75) is 58.9 Å². The van der Waals surface area contributed by atoms with Gasteiger partial charge in [0.2, 0.25) is 0 Å². The molecule has 0 aliphatic carbocycles. The van der Waals surface area contributed by atoms with Gasteiger partial charge in [-0.15, -0.1) is 0 Å². The summed E-state index contributed by atoms with van der Waals surface area (Å²) in [7, 11) is 0. The third-order valence-electron chi connectivity index (χ3n) is 6.30. The maximum absolute atomic E-state index is 13.6. The van der Waals surface area contributed by atoms with Crippen molar-refractivity contribution >= 4 is 33.2 Å². The van der Waals surface area contributed by atoms with E-state index in [1.54, 1.807) is 10.9 Å². The molecular formula is C27H29N5O. The predicted molar refractivity (Wildman–Crippen MR) is 134 cm³/mol. The summed E-state index contributed by atoms with van der Waals surface area (Å²) in [6.07, 6.45) is 6.08. The van der Waals surface area contributed by atoms with Crippen LogP contribution in [0.2, 0.25) is 0 Å². The van der Waals surface area contributed by atoms with Gasteiger partial charge >= 0.3 is 0 Å². The third kappa shape index (κ3) is 3.80. The number of benzene rings is 2. The van der Waals surface area contributed by atoms with Crippen molar-refractivity contribution in [2.24, 2.45) is 0 Å². The molecule has 0 aliphatic heterocycles. The predicted octanol–water partition coefficient (Wildman–Crippen LogP) is 5.99. The fraction of sp³-hybridized carbons (Fsp3) is 0.333. The van der Waals surface area contributed by atoms with E-state index in [0.29, 0.717) is 34.7 Å². The molecule has 0 saturated heterocycles. The average Bonchev–Trinajstić information content (AvgIpc) is 3.15. The van der Waals surface area contributed by atoms with E-state index >= 15 is 0 Å². The van der Waals surface area contributed by atoms with Gasteiger partial charge in [-0.25, -0.2) is 15.0 Å². The minimum atomic E-state index is -0.0522. The first-order chi connectivity index (χ1) is 16.1. The van der Waals surface area contributed by atoms with Gasteiger partial charge in [-0.1, -0.05) is 64.3 Å². The van der Waals surface area contributed by atoms with Crippen LogP contribution >= 0.6 is 0 Å². The highest BCUT2D eigenvalue weighted by atomic mass is 16.1. The van der Waals surface area contributed by atoms with Crippen LogP contribution in [-0.2, 0) is 6.54 Å². The maximum Gasteiger partial charge on any atom is 0.265 e. The first-order valence-corrected chi connectivity index (χ1v) is 11.8. The van der Waals surface area contributed by atoms with E-state index in [2.05, 4.69) is 45.0 Å². The van der Waals surface area contributed by atoms with Gasteiger partial charge in [0, 0.05) is 12.2 Å². The number of unbranched alkanes of at least 4 members (excludes halogenated alkanes) is 3. The van der Waals surface area contributed by atoms with Crippen LogP contribution in [0.5, 0.6) is 0 Å². The van der Waals surface area contributed by atoms with Gasteiger partial charge in [0.05, 0.1) is 17.4 Å². The lowest BCUT2D eigenvalue weighted by molar-refractivity contribution is 0.567. The Kier molecular flexibility index (Phi) is 5.67. The van der Waals surface area contributed by atoms with E-state index in [0.717, 1.165) is 36.0 Å². The molecule has 168 valence electrons. The number of para-hydroxylation sites is 2. The van der Waals surface area contributed by atoms with Crippen LogP contribution in [-0.4, -0.2) is 24.1 Å². The van der Waals surface area contributed by atoms with Crippen LogP contribution < -0.4 is 5.56 Å². The number of rotatable bonds is 7. The Morgan fingerprint density at radius 2 is 1.61 bits per heavy atom. The third-order valence-corrected chi connectivity index (χ3v) is 6.30. The lowest BCUT2D eigenvalue weighted by Gasteiger charge is -2.10. The van der Waals surface area contributed by atoms with Crippen molar-refractivity contribution in [3.05, 3.63) is 70.8 Å². The molecule has 0 aliphatic rings. The van der Waals surface area contributed by atoms with Gasteiger partial charge in [0.15, 0.2) is 11.3 Å². The highest BCUT2D eigenvalue weighted by Crippen LogP contribution is 2.29. The summed E-state index contributed by atoms with van der Waals surface area (Å²) in [6.45, 7) is 7.21. The Morgan fingerprint density at radius 3 is 2.30 bits per heavy atom. The first kappa shape index (κ1) is 21.3. The number of aromatic nitrogens is 5. The number of hydrogen-bond acceptors (Lipinski definition) is 4. The van der Waals surface area contributed by atoms with Crippen molar-refractivity contribution in [3.63, 3.8) is 0 Å². The number of fused-ring (bicyclic) bond motifs is 4. The summed E-state index contributed by atoms with van der Waals surface area (Å²) in [5.74, 6) is 0.443. The van der Waals surface area contributed by atoms with Crippen LogP contribution in [0, 0.1) is 0 Å². The van der Waals surface area contributed by atoms with Gasteiger partial charge < -0.3 is 0 Å². The molecule has 5 aromatic rings. The van der Waals surface area contributed by atoms with Gasteiger partial charge in [-0.2, -0.15) is 0 Å². The maximum atomic E-state index is 13.6. The van der Waals surface area contributed by atoms with Crippen molar-refractivity contribution in [3.8, 4) is 5.69 Å². The van der Waals surface area contributed by atoms with Crippen molar-refractivity contribution in [2.75, 3.05) is 0 Å². The second-order valence-electron chi connectivity index (χ2n) is 8.97. The summed E-state index contributed by atoms with van der Waals surface area (Å²) in [5.41, 5.74) is 5.59. The van der Waals surface area contributed by atoms with Gasteiger partial charge in [-0.3, -0.25) is 13.9 Å². The zero-order valence-electron chi connectivity index (χ0n) is 19.5. The topological polar surface area (TPSA) is 65.6 Å². The molecule has 3 aromatic heterocycles. The molecule has 5 rings (SSSR count). The Labute approximate surface area is 192 Å². The van der Waals surface area contributed by atoms with E-state index in [-0.39, 0.29) is 5.56 Å². The van der Waals surface area contributed by atoms with E-state index in [1.165, 1.54) is 12.0 Å². The Bertz CT molecular complexity index is 1500. The first-order valence-electron chi connectivity index (χ1n) is 11.8. The van der Waals surface area contributed by atoms with Crippen molar-refractivity contribution < 1.29 is 0 Å². The second-order valence-corrected chi connectivity index (χ2v) is 8.97. The zero-order chi connectivity index (χ0) is 22.9. The molecule has 0 spiro atoms. The molecule has 6 heteroatoms. The van der Waals surface area contributed by atoms with E-state index in [9.17, 15) is 4.79 Å². The highest BCUT2D eigenvalue weighted by molar-refractivity contribution is 6.05. The fourth-order valence-corrected chi connectivity index (χ4v) is 4.39. The van der Waals surface area contributed by atoms with Crippen LogP contribution in [0.3, 0.4) is 0 Å². The summed E-state index contributed by atoms with van der Waals surface area (Å²) < 4.78 is 3.69. The number of aryl methyl sites for hydroxylation is 1. The molecule has 2 aromatic carbocycles. The molecule has 3 heterocycles. The van der Waals surface area contributed by atoms with Crippen molar-refractivity contribution in [1.29, 1.82) is 0 Å². The fourth-order valence-electron chi connectivity index (χ4n) is 4.39. The molecular weight excluding hydrogens is 410 g/mol. The van der Waals surface area contributed by atoms with Crippen LogP contribution in [0.25, 0.3) is 38.9 Å². The lowest BCUT2D eigenvalue weighted by atomic mass is 10.0. The van der Waals surface area contributed by atoms with Crippen LogP contribution in [0.15, 0.2) is 59.7 Å². The lowest BCUT2D eigenvalue weighted by Crippen LogP contribution is -2.20. The van der Waals surface area contributed by atoms with Crippen molar-refractivity contribution in [1.82, 2.24) is 24.1 Å². The SMILES string of the molecule is CCCCCCn1cnc2c(c1=O)c1nc3ccccc3nc1n2-c1ccc(C(C)C)cc1. The standard InChI is InChI=1S/C27H29N5O/c1-4-5-6-9-16-31-17-28-25-23(27(31)33)24-26(30-22-11-8-7-10-21(22)29-24)32(25)20-14-12-19(13-15-20)18(2)3/h7-8,10-15,17-18H,4-6,9,16H2,1-3H3. The van der Waals surface area contributed by atoms with Gasteiger partial charge in [-0.05, 0) is 42.2 Å². The Hall–Kier alpha value is -3.54. The summed E-state index contributed by atoms with van der Waals surface area (Å²) in [5, 5.41) is 0.536.